The predicted octanol–water partition coefficient (Wildman–Crippen LogP) is 4.75. The van der Waals surface area contributed by atoms with Crippen molar-refractivity contribution in [1.82, 2.24) is 4.57 Å². The van der Waals surface area contributed by atoms with E-state index >= 15 is 0 Å². The van der Waals surface area contributed by atoms with Crippen LogP contribution < -0.4 is 0 Å². The third-order valence-corrected chi connectivity index (χ3v) is 5.64. The first kappa shape index (κ1) is 17.9. The first-order valence-electron chi connectivity index (χ1n) is 9.01. The highest BCUT2D eigenvalue weighted by Gasteiger charge is 2.22. The summed E-state index contributed by atoms with van der Waals surface area (Å²) in [6.45, 7) is 1.06. The summed E-state index contributed by atoms with van der Waals surface area (Å²) in [6.07, 6.45) is 1.94. The molecular weight excluding hydrogens is 359 g/mol. The molecule has 1 aliphatic heterocycles. The fourth-order valence-electron chi connectivity index (χ4n) is 3.08. The highest BCUT2D eigenvalue weighted by molar-refractivity contribution is 7.98. The fourth-order valence-corrected chi connectivity index (χ4v) is 4.07. The van der Waals surface area contributed by atoms with Crippen LogP contribution in [0, 0.1) is 5.82 Å². The van der Waals surface area contributed by atoms with Crippen molar-refractivity contribution in [3.8, 4) is 0 Å². The summed E-state index contributed by atoms with van der Waals surface area (Å²) in [5.74, 6) is 2.36. The molecule has 2 aromatic carbocycles. The van der Waals surface area contributed by atoms with Crippen molar-refractivity contribution in [2.75, 3.05) is 12.4 Å². The number of halogens is 1. The highest BCUT2D eigenvalue weighted by atomic mass is 32.2. The molecule has 5 heteroatoms. The van der Waals surface area contributed by atoms with Crippen molar-refractivity contribution in [3.63, 3.8) is 0 Å². The molecule has 1 atom stereocenters. The molecule has 0 saturated carbocycles. The Labute approximate surface area is 162 Å². The lowest BCUT2D eigenvalue weighted by Crippen LogP contribution is -2.11. The molecule has 0 bridgehead atoms. The lowest BCUT2D eigenvalue weighted by Gasteiger charge is -2.09. The second-order valence-corrected chi connectivity index (χ2v) is 7.54. The van der Waals surface area contributed by atoms with E-state index in [1.807, 2.05) is 46.8 Å². The van der Waals surface area contributed by atoms with Gasteiger partial charge in [0.2, 0.25) is 5.90 Å². The van der Waals surface area contributed by atoms with Gasteiger partial charge in [-0.2, -0.15) is 11.8 Å². The molecule has 0 radical (unpaired) electrons. The fraction of sp³-hybridized carbons (Fsp3) is 0.227. The first-order chi connectivity index (χ1) is 13.3. The van der Waals surface area contributed by atoms with Crippen molar-refractivity contribution in [2.45, 2.75) is 18.3 Å². The molecule has 0 saturated heterocycles. The predicted molar refractivity (Wildman–Crippen MR) is 109 cm³/mol. The van der Waals surface area contributed by atoms with E-state index in [0.717, 1.165) is 17.2 Å². The summed E-state index contributed by atoms with van der Waals surface area (Å²) in [4.78, 5) is 4.75. The van der Waals surface area contributed by atoms with Gasteiger partial charge in [0.25, 0.3) is 0 Å². The summed E-state index contributed by atoms with van der Waals surface area (Å²) in [7, 11) is 0. The molecule has 3 nitrogen and oxygen atoms in total. The van der Waals surface area contributed by atoms with Crippen LogP contribution in [0.15, 0.2) is 77.9 Å². The number of aromatic nitrogens is 1. The molecule has 0 N–H and O–H groups in total. The maximum atomic E-state index is 14.0. The quantitative estimate of drug-likeness (QED) is 0.591. The van der Waals surface area contributed by atoms with Crippen LogP contribution in [-0.2, 0) is 17.0 Å². The summed E-state index contributed by atoms with van der Waals surface area (Å²) >= 11 is 1.87. The van der Waals surface area contributed by atoms with Crippen molar-refractivity contribution in [1.29, 1.82) is 0 Å². The van der Waals surface area contributed by atoms with E-state index in [4.69, 9.17) is 9.73 Å². The molecule has 138 valence electrons. The maximum absolute atomic E-state index is 14.0. The average molecular weight is 380 g/mol. The van der Waals surface area contributed by atoms with E-state index in [0.29, 0.717) is 24.6 Å². The summed E-state index contributed by atoms with van der Waals surface area (Å²) in [5.41, 5.74) is 2.88. The van der Waals surface area contributed by atoms with Crippen molar-refractivity contribution in [3.05, 3.63) is 95.6 Å². The molecule has 1 aliphatic rings. The Morgan fingerprint density at radius 2 is 1.85 bits per heavy atom. The molecule has 0 unspecified atom stereocenters. The lowest BCUT2D eigenvalue weighted by molar-refractivity contribution is 0.323. The Balaban J connectivity index is 1.39. The third kappa shape index (κ3) is 4.42. The van der Waals surface area contributed by atoms with Gasteiger partial charge in [-0.05, 0) is 23.8 Å². The zero-order valence-electron chi connectivity index (χ0n) is 14.9. The number of benzene rings is 2. The van der Waals surface area contributed by atoms with E-state index in [-0.39, 0.29) is 11.9 Å². The van der Waals surface area contributed by atoms with Gasteiger partial charge in [-0.1, -0.05) is 48.5 Å². The third-order valence-electron chi connectivity index (χ3n) is 4.48. The Bertz CT molecular complexity index is 923. The number of ether oxygens (including phenoxy) is 1. The van der Waals surface area contributed by atoms with Crippen LogP contribution in [0.5, 0.6) is 0 Å². The van der Waals surface area contributed by atoms with Crippen LogP contribution in [0.4, 0.5) is 4.39 Å². The Hall–Kier alpha value is -2.53. The molecule has 2 heterocycles. The van der Waals surface area contributed by atoms with E-state index < -0.39 is 0 Å². The zero-order chi connectivity index (χ0) is 18.5. The van der Waals surface area contributed by atoms with Gasteiger partial charge in [0.1, 0.15) is 18.1 Å². The molecule has 4 rings (SSSR count). The smallest absolute Gasteiger partial charge is 0.233 e. The van der Waals surface area contributed by atoms with Gasteiger partial charge in [0.05, 0.1) is 12.6 Å². The summed E-state index contributed by atoms with van der Waals surface area (Å²) in [5, 5.41) is 0. The monoisotopic (exact) mass is 380 g/mol. The molecule has 1 aromatic heterocycles. The number of hydrogen-bond donors (Lipinski definition) is 0. The van der Waals surface area contributed by atoms with Gasteiger partial charge in [-0.15, -0.1) is 0 Å². The van der Waals surface area contributed by atoms with Gasteiger partial charge in [-0.3, -0.25) is 0 Å². The maximum Gasteiger partial charge on any atom is 0.233 e. The van der Waals surface area contributed by atoms with Crippen LogP contribution in [0.3, 0.4) is 0 Å². The van der Waals surface area contributed by atoms with E-state index in [2.05, 4.69) is 24.3 Å². The van der Waals surface area contributed by atoms with Gasteiger partial charge < -0.3 is 9.30 Å². The molecular formula is C22H21FN2OS. The second kappa shape index (κ2) is 8.44. The first-order valence-corrected chi connectivity index (χ1v) is 10.2. The number of hydrogen-bond acceptors (Lipinski definition) is 3. The van der Waals surface area contributed by atoms with Gasteiger partial charge in [-0.25, -0.2) is 9.38 Å². The van der Waals surface area contributed by atoms with E-state index in [1.54, 1.807) is 12.1 Å². The molecule has 0 amide bonds. The van der Waals surface area contributed by atoms with Crippen molar-refractivity contribution < 1.29 is 9.13 Å². The minimum absolute atomic E-state index is 0.158. The standard InChI is InChI=1S/C22H21FN2OS/c23-20-10-5-4-9-18(20)13-25-12-6-11-21(25)22-24-19(14-26-22)16-27-15-17-7-2-1-3-8-17/h1-12,19H,13-16H2/t19-/m1/s1. The Morgan fingerprint density at radius 3 is 2.70 bits per heavy atom. The average Bonchev–Trinajstić information content (AvgIpc) is 3.34. The molecule has 0 spiro atoms. The summed E-state index contributed by atoms with van der Waals surface area (Å²) < 4.78 is 21.8. The van der Waals surface area contributed by atoms with Gasteiger partial charge in [0.15, 0.2) is 0 Å². The van der Waals surface area contributed by atoms with E-state index in [9.17, 15) is 4.39 Å². The van der Waals surface area contributed by atoms with Crippen molar-refractivity contribution in [2.24, 2.45) is 4.99 Å². The highest BCUT2D eigenvalue weighted by Crippen LogP contribution is 2.20. The van der Waals surface area contributed by atoms with Crippen LogP contribution in [0.25, 0.3) is 0 Å². The SMILES string of the molecule is Fc1ccccc1Cn1cccc1C1=N[C@@H](CSCc2ccccc2)CO1. The van der Waals surface area contributed by atoms with Crippen LogP contribution in [0.1, 0.15) is 16.8 Å². The summed E-state index contributed by atoms with van der Waals surface area (Å²) in [6, 6.07) is 21.4. The lowest BCUT2D eigenvalue weighted by atomic mass is 10.2. The van der Waals surface area contributed by atoms with Crippen LogP contribution >= 0.6 is 11.8 Å². The van der Waals surface area contributed by atoms with Crippen molar-refractivity contribution >= 4 is 17.7 Å². The zero-order valence-corrected chi connectivity index (χ0v) is 15.7. The largest absolute Gasteiger partial charge is 0.474 e. The molecule has 0 fully saturated rings. The Morgan fingerprint density at radius 1 is 1.04 bits per heavy atom. The number of aliphatic imine (C=N–C) groups is 1. The number of rotatable bonds is 7. The Kier molecular flexibility index (Phi) is 5.58. The number of nitrogens with zero attached hydrogens (tertiary/aromatic N) is 2. The topological polar surface area (TPSA) is 26.5 Å². The molecule has 3 aromatic rings. The minimum atomic E-state index is -0.193. The van der Waals surface area contributed by atoms with Crippen LogP contribution in [0.2, 0.25) is 0 Å². The van der Waals surface area contributed by atoms with Gasteiger partial charge >= 0.3 is 0 Å². The van der Waals surface area contributed by atoms with E-state index in [1.165, 1.54) is 11.6 Å². The van der Waals surface area contributed by atoms with Crippen LogP contribution in [-0.4, -0.2) is 28.9 Å². The molecule has 27 heavy (non-hydrogen) atoms. The number of thioether (sulfide) groups is 1. The second-order valence-electron chi connectivity index (χ2n) is 6.51. The molecule has 0 aliphatic carbocycles. The van der Waals surface area contributed by atoms with Gasteiger partial charge in [0, 0.05) is 23.3 Å². The minimum Gasteiger partial charge on any atom is -0.474 e. The normalized spacial score (nSPS) is 16.2.